The van der Waals surface area contributed by atoms with Gasteiger partial charge in [-0.3, -0.25) is 14.9 Å². The highest BCUT2D eigenvalue weighted by Gasteiger charge is 2.56. The Balaban J connectivity index is 1.56. The summed E-state index contributed by atoms with van der Waals surface area (Å²) in [4.78, 5) is 40.9. The molecule has 8 nitrogen and oxygen atoms in total. The SMILES string of the molecule is CN1C(=O)[C@](COC(=O)c2ccc([N+](=O)[O-])cc2)(N2CCc3cc(Br)ccc32)c2cc(Br)ccc21. The number of hydrogen-bond donors (Lipinski definition) is 0. The van der Waals surface area contributed by atoms with E-state index in [2.05, 4.69) is 31.9 Å². The van der Waals surface area contributed by atoms with Crippen LogP contribution in [0.5, 0.6) is 0 Å². The third-order valence-electron chi connectivity index (χ3n) is 6.55. The van der Waals surface area contributed by atoms with E-state index in [4.69, 9.17) is 4.74 Å². The Morgan fingerprint density at radius 2 is 1.71 bits per heavy atom. The van der Waals surface area contributed by atoms with Gasteiger partial charge in [0.15, 0.2) is 5.54 Å². The summed E-state index contributed by atoms with van der Waals surface area (Å²) in [5.74, 6) is -0.855. The topological polar surface area (TPSA) is 93.0 Å². The third kappa shape index (κ3) is 3.81. The van der Waals surface area contributed by atoms with E-state index in [1.54, 1.807) is 11.9 Å². The van der Waals surface area contributed by atoms with E-state index < -0.39 is 16.4 Å². The van der Waals surface area contributed by atoms with Crippen molar-refractivity contribution >= 4 is 60.8 Å². The number of nitrogens with zero attached hydrogens (tertiary/aromatic N) is 3. The van der Waals surface area contributed by atoms with Crippen LogP contribution in [0.3, 0.4) is 0 Å². The van der Waals surface area contributed by atoms with Crippen molar-refractivity contribution in [1.29, 1.82) is 0 Å². The molecule has 0 bridgehead atoms. The third-order valence-corrected chi connectivity index (χ3v) is 7.53. The van der Waals surface area contributed by atoms with E-state index >= 15 is 0 Å². The van der Waals surface area contributed by atoms with Gasteiger partial charge in [0.05, 0.1) is 10.5 Å². The number of carbonyl (C=O) groups is 2. The maximum absolute atomic E-state index is 13.9. The highest BCUT2D eigenvalue weighted by molar-refractivity contribution is 9.10. The van der Waals surface area contributed by atoms with Crippen molar-refractivity contribution in [2.24, 2.45) is 0 Å². The van der Waals surface area contributed by atoms with Crippen molar-refractivity contribution in [2.45, 2.75) is 12.0 Å². The summed E-state index contributed by atoms with van der Waals surface area (Å²) >= 11 is 7.04. The van der Waals surface area contributed by atoms with Crippen LogP contribution >= 0.6 is 31.9 Å². The Morgan fingerprint density at radius 3 is 2.40 bits per heavy atom. The van der Waals surface area contributed by atoms with Gasteiger partial charge in [0, 0.05) is 51.6 Å². The zero-order valence-corrected chi connectivity index (χ0v) is 21.7. The molecule has 3 aromatic carbocycles. The smallest absolute Gasteiger partial charge is 0.338 e. The number of halogens is 2. The lowest BCUT2D eigenvalue weighted by molar-refractivity contribution is -0.384. The van der Waals surface area contributed by atoms with Gasteiger partial charge in [0.1, 0.15) is 6.61 Å². The Morgan fingerprint density at radius 1 is 1.06 bits per heavy atom. The second-order valence-electron chi connectivity index (χ2n) is 8.44. The van der Waals surface area contributed by atoms with Crippen LogP contribution in [0.1, 0.15) is 21.5 Å². The summed E-state index contributed by atoms with van der Waals surface area (Å²) in [6.45, 7) is 0.358. The lowest BCUT2D eigenvalue weighted by atomic mass is 9.89. The van der Waals surface area contributed by atoms with Crippen molar-refractivity contribution in [1.82, 2.24) is 0 Å². The molecule has 0 saturated carbocycles. The quantitative estimate of drug-likeness (QED) is 0.227. The fourth-order valence-corrected chi connectivity index (χ4v) is 5.62. The minimum Gasteiger partial charge on any atom is -0.459 e. The molecule has 2 heterocycles. The maximum atomic E-state index is 13.9. The summed E-state index contributed by atoms with van der Waals surface area (Å²) in [6.07, 6.45) is 0.743. The molecule has 0 unspecified atom stereocenters. The van der Waals surface area contributed by atoms with Gasteiger partial charge in [-0.25, -0.2) is 4.79 Å². The van der Waals surface area contributed by atoms with Crippen LogP contribution in [0, 0.1) is 10.1 Å². The molecule has 0 aromatic heterocycles. The van der Waals surface area contributed by atoms with Gasteiger partial charge in [-0.15, -0.1) is 0 Å². The largest absolute Gasteiger partial charge is 0.459 e. The molecule has 178 valence electrons. The number of amides is 1. The van der Waals surface area contributed by atoms with Crippen LogP contribution < -0.4 is 9.80 Å². The summed E-state index contributed by atoms with van der Waals surface area (Å²) in [7, 11) is 1.72. The fraction of sp³-hybridized carbons (Fsp3) is 0.200. The first-order valence-corrected chi connectivity index (χ1v) is 12.4. The van der Waals surface area contributed by atoms with Crippen LogP contribution in [0.2, 0.25) is 0 Å². The number of rotatable bonds is 5. The highest BCUT2D eigenvalue weighted by atomic mass is 79.9. The molecule has 2 aliphatic heterocycles. The van der Waals surface area contributed by atoms with Crippen LogP contribution in [0.25, 0.3) is 0 Å². The second kappa shape index (κ2) is 8.76. The molecule has 0 N–H and O–H groups in total. The molecule has 3 aromatic rings. The minimum absolute atomic E-state index is 0.121. The predicted molar refractivity (Wildman–Crippen MR) is 138 cm³/mol. The Hall–Kier alpha value is -3.24. The molecule has 0 aliphatic carbocycles. The normalized spacial score (nSPS) is 18.4. The van der Waals surface area contributed by atoms with E-state index in [0.717, 1.165) is 37.9 Å². The lowest BCUT2D eigenvalue weighted by Gasteiger charge is -2.39. The molecule has 1 amide bonds. The Kier molecular flexibility index (Phi) is 5.88. The Labute approximate surface area is 217 Å². The zero-order chi connectivity index (χ0) is 24.9. The van der Waals surface area contributed by atoms with Crippen LogP contribution in [0.4, 0.5) is 17.1 Å². The predicted octanol–water partition coefficient (Wildman–Crippen LogP) is 5.21. The average Bonchev–Trinajstić information content (AvgIpc) is 3.35. The highest BCUT2D eigenvalue weighted by Crippen LogP contribution is 2.49. The van der Waals surface area contributed by atoms with Crippen molar-refractivity contribution in [3.8, 4) is 0 Å². The van der Waals surface area contributed by atoms with Gasteiger partial charge >= 0.3 is 5.97 Å². The van der Waals surface area contributed by atoms with Crippen molar-refractivity contribution in [2.75, 3.05) is 30.0 Å². The number of carbonyl (C=O) groups excluding carboxylic acids is 2. The molecule has 35 heavy (non-hydrogen) atoms. The maximum Gasteiger partial charge on any atom is 0.338 e. The number of fused-ring (bicyclic) bond motifs is 2. The van der Waals surface area contributed by atoms with Gasteiger partial charge in [-0.2, -0.15) is 0 Å². The van der Waals surface area contributed by atoms with E-state index in [-0.39, 0.29) is 23.8 Å². The number of benzene rings is 3. The summed E-state index contributed by atoms with van der Waals surface area (Å²) in [5.41, 5.74) is 2.29. The zero-order valence-electron chi connectivity index (χ0n) is 18.5. The van der Waals surface area contributed by atoms with Gasteiger partial charge in [-0.1, -0.05) is 31.9 Å². The number of likely N-dealkylation sites (N-methyl/N-ethyl adjacent to an activating group) is 1. The van der Waals surface area contributed by atoms with Gasteiger partial charge in [-0.05, 0) is 60.5 Å². The molecule has 0 spiro atoms. The molecular weight excluding hydrogens is 582 g/mol. The van der Waals surface area contributed by atoms with Gasteiger partial charge < -0.3 is 14.5 Å². The number of nitro groups is 1. The van der Waals surface area contributed by atoms with E-state index in [1.165, 1.54) is 24.3 Å². The van der Waals surface area contributed by atoms with Crippen molar-refractivity contribution in [3.63, 3.8) is 0 Å². The second-order valence-corrected chi connectivity index (χ2v) is 10.3. The van der Waals surface area contributed by atoms with E-state index in [9.17, 15) is 19.7 Å². The monoisotopic (exact) mass is 599 g/mol. The molecule has 0 radical (unpaired) electrons. The first-order valence-electron chi connectivity index (χ1n) is 10.8. The molecule has 2 aliphatic rings. The fourth-order valence-electron chi connectivity index (χ4n) is 4.85. The first kappa shape index (κ1) is 23.5. The standard InChI is InChI=1S/C25H19Br2N3O5/c1-28-22-9-5-18(27)13-20(22)25(24(28)32,29-11-10-16-12-17(26)4-8-21(16)29)14-35-23(31)15-2-6-19(7-3-15)30(33)34/h2-9,12-13H,10-11,14H2,1H3/t25-/m1/s1. The van der Waals surface area contributed by atoms with Crippen LogP contribution in [-0.2, 0) is 21.5 Å². The number of hydrogen-bond acceptors (Lipinski definition) is 6. The number of nitro benzene ring substituents is 1. The molecule has 5 rings (SSSR count). The minimum atomic E-state index is -1.26. The van der Waals surface area contributed by atoms with Gasteiger partial charge in [0.25, 0.3) is 11.6 Å². The van der Waals surface area contributed by atoms with E-state index in [0.29, 0.717) is 6.54 Å². The molecule has 10 heteroatoms. The van der Waals surface area contributed by atoms with E-state index in [1.807, 2.05) is 41.3 Å². The number of ether oxygens (including phenoxy) is 1. The summed E-state index contributed by atoms with van der Waals surface area (Å²) in [5, 5.41) is 10.9. The average molecular weight is 601 g/mol. The van der Waals surface area contributed by atoms with Crippen LogP contribution in [-0.4, -0.2) is 37.0 Å². The Bertz CT molecular complexity index is 1380. The first-order chi connectivity index (χ1) is 16.7. The van der Waals surface area contributed by atoms with Gasteiger partial charge in [0.2, 0.25) is 0 Å². The number of esters is 1. The number of anilines is 2. The molecule has 1 atom stereocenters. The van der Waals surface area contributed by atoms with Crippen LogP contribution in [0.15, 0.2) is 69.6 Å². The molecular formula is C25H19Br2N3O5. The lowest BCUT2D eigenvalue weighted by Crippen LogP contribution is -2.55. The summed E-state index contributed by atoms with van der Waals surface area (Å²) < 4.78 is 7.52. The van der Waals surface area contributed by atoms with Crippen molar-refractivity contribution in [3.05, 3.63) is 96.4 Å². The molecule has 0 saturated heterocycles. The van der Waals surface area contributed by atoms with Crippen molar-refractivity contribution < 1.29 is 19.2 Å². The summed E-state index contributed by atoms with van der Waals surface area (Å²) in [6, 6.07) is 16.8. The molecule has 0 fully saturated rings. The number of non-ortho nitro benzene ring substituents is 1.